The van der Waals surface area contributed by atoms with Crippen molar-refractivity contribution in [2.75, 3.05) is 6.26 Å². The van der Waals surface area contributed by atoms with Gasteiger partial charge in [-0.25, -0.2) is 15.0 Å². The fraction of sp³-hybridized carbons (Fsp3) is 0.167. The summed E-state index contributed by atoms with van der Waals surface area (Å²) in [6, 6.07) is 0. The molecule has 11 heavy (non-hydrogen) atoms. The number of aromatic nitrogens is 2. The van der Waals surface area contributed by atoms with Gasteiger partial charge in [0.05, 0.1) is 6.34 Å². The van der Waals surface area contributed by atoms with Gasteiger partial charge < -0.3 is 5.73 Å². The average Bonchev–Trinajstić information content (AvgIpc) is 2.06. The fourth-order valence-corrected chi connectivity index (χ4v) is 1.08. The summed E-state index contributed by atoms with van der Waals surface area (Å²) in [6.07, 6.45) is 6.34. The number of nitrogens with zero attached hydrogens (tertiary/aromatic N) is 3. The first-order chi connectivity index (χ1) is 5.38. The number of thioether (sulfide) groups is 1. The van der Waals surface area contributed by atoms with Gasteiger partial charge in [0.2, 0.25) is 0 Å². The lowest BCUT2D eigenvalue weighted by Gasteiger charge is -1.96. The minimum Gasteiger partial charge on any atom is -0.390 e. The van der Waals surface area contributed by atoms with Crippen LogP contribution in [0, 0.1) is 0 Å². The molecule has 0 aliphatic rings. The van der Waals surface area contributed by atoms with Crippen LogP contribution in [0.25, 0.3) is 0 Å². The summed E-state index contributed by atoms with van der Waals surface area (Å²) in [7, 11) is 0. The van der Waals surface area contributed by atoms with E-state index in [1.165, 1.54) is 18.1 Å². The topological polar surface area (TPSA) is 64.2 Å². The van der Waals surface area contributed by atoms with Crippen molar-refractivity contribution in [2.24, 2.45) is 10.7 Å². The van der Waals surface area contributed by atoms with Gasteiger partial charge in [-0.2, -0.15) is 0 Å². The van der Waals surface area contributed by atoms with E-state index in [0.29, 0.717) is 5.82 Å². The van der Waals surface area contributed by atoms with Crippen molar-refractivity contribution >= 4 is 23.9 Å². The van der Waals surface area contributed by atoms with Gasteiger partial charge >= 0.3 is 0 Å². The smallest absolute Gasteiger partial charge is 0.186 e. The summed E-state index contributed by atoms with van der Waals surface area (Å²) < 4.78 is 0. The Labute approximate surface area is 69.0 Å². The highest BCUT2D eigenvalue weighted by molar-refractivity contribution is 7.98. The molecule has 0 fully saturated rings. The van der Waals surface area contributed by atoms with Crippen molar-refractivity contribution in [1.82, 2.24) is 9.97 Å². The molecule has 0 spiro atoms. The summed E-state index contributed by atoms with van der Waals surface area (Å²) in [5.41, 5.74) is 5.12. The molecule has 0 aromatic carbocycles. The number of aliphatic imine (C=N–C) groups is 1. The average molecular weight is 168 g/mol. The molecular formula is C6H8N4S. The first-order valence-corrected chi connectivity index (χ1v) is 4.20. The van der Waals surface area contributed by atoms with E-state index in [2.05, 4.69) is 15.0 Å². The maximum absolute atomic E-state index is 5.12. The lowest BCUT2D eigenvalue weighted by Crippen LogP contribution is -1.89. The van der Waals surface area contributed by atoms with Crippen LogP contribution in [-0.4, -0.2) is 22.6 Å². The summed E-state index contributed by atoms with van der Waals surface area (Å²) >= 11 is 1.49. The molecular weight excluding hydrogens is 160 g/mol. The number of nitrogens with two attached hydrogens (primary N) is 1. The van der Waals surface area contributed by atoms with Crippen molar-refractivity contribution < 1.29 is 0 Å². The second-order valence-electron chi connectivity index (χ2n) is 1.67. The Kier molecular flexibility index (Phi) is 2.85. The van der Waals surface area contributed by atoms with Crippen LogP contribution >= 0.6 is 11.8 Å². The van der Waals surface area contributed by atoms with Gasteiger partial charge in [-0.05, 0) is 6.26 Å². The molecule has 1 rings (SSSR count). The van der Waals surface area contributed by atoms with Crippen LogP contribution in [0.5, 0.6) is 0 Å². The Bertz CT molecular complexity index is 261. The van der Waals surface area contributed by atoms with Gasteiger partial charge in [0.25, 0.3) is 0 Å². The van der Waals surface area contributed by atoms with Crippen LogP contribution in [0.4, 0.5) is 5.82 Å². The third-order valence-corrected chi connectivity index (χ3v) is 1.71. The first kappa shape index (κ1) is 8.00. The van der Waals surface area contributed by atoms with Crippen LogP contribution in [0.2, 0.25) is 0 Å². The number of hydrogen-bond acceptors (Lipinski definition) is 4. The normalized spacial score (nSPS) is 10.6. The highest BCUT2D eigenvalue weighted by atomic mass is 32.2. The minimum atomic E-state index is 0.572. The molecule has 0 radical (unpaired) electrons. The molecule has 1 aromatic rings. The lowest BCUT2D eigenvalue weighted by atomic mass is 10.7. The Morgan fingerprint density at radius 1 is 1.55 bits per heavy atom. The molecule has 1 aromatic heterocycles. The van der Waals surface area contributed by atoms with Gasteiger partial charge in [-0.1, -0.05) is 0 Å². The van der Waals surface area contributed by atoms with Gasteiger partial charge in [-0.15, -0.1) is 11.8 Å². The zero-order chi connectivity index (χ0) is 8.10. The predicted octanol–water partition coefficient (Wildman–Crippen LogP) is 0.817. The monoisotopic (exact) mass is 168 g/mol. The molecule has 0 aliphatic heterocycles. The molecule has 0 saturated heterocycles. The van der Waals surface area contributed by atoms with Crippen molar-refractivity contribution in [2.45, 2.75) is 5.03 Å². The first-order valence-electron chi connectivity index (χ1n) is 2.97. The quantitative estimate of drug-likeness (QED) is 0.403. The van der Waals surface area contributed by atoms with Crippen LogP contribution in [0.1, 0.15) is 0 Å². The van der Waals surface area contributed by atoms with E-state index in [1.54, 1.807) is 12.4 Å². The van der Waals surface area contributed by atoms with E-state index in [-0.39, 0.29) is 0 Å². The molecule has 0 saturated carbocycles. The minimum absolute atomic E-state index is 0.572. The van der Waals surface area contributed by atoms with Crippen LogP contribution < -0.4 is 5.73 Å². The van der Waals surface area contributed by atoms with Crippen molar-refractivity contribution in [3.05, 3.63) is 12.4 Å². The van der Waals surface area contributed by atoms with E-state index in [0.717, 1.165) is 5.03 Å². The molecule has 5 heteroatoms. The molecule has 58 valence electrons. The van der Waals surface area contributed by atoms with E-state index in [4.69, 9.17) is 5.73 Å². The maximum atomic E-state index is 5.12. The molecule has 2 N–H and O–H groups in total. The Hall–Kier alpha value is -1.10. The van der Waals surface area contributed by atoms with Gasteiger partial charge in [-0.3, -0.25) is 0 Å². The Balaban J connectivity index is 3.02. The molecule has 4 nitrogen and oxygen atoms in total. The number of rotatable bonds is 2. The van der Waals surface area contributed by atoms with E-state index in [1.807, 2.05) is 6.26 Å². The second kappa shape index (κ2) is 3.92. The molecule has 0 bridgehead atoms. The third kappa shape index (κ3) is 1.91. The summed E-state index contributed by atoms with van der Waals surface area (Å²) in [4.78, 5) is 11.9. The van der Waals surface area contributed by atoms with Crippen molar-refractivity contribution in [3.8, 4) is 0 Å². The number of hydrogen-bond donors (Lipinski definition) is 1. The summed E-state index contributed by atoms with van der Waals surface area (Å²) in [5.74, 6) is 0.572. The van der Waals surface area contributed by atoms with Gasteiger partial charge in [0.15, 0.2) is 5.82 Å². The maximum Gasteiger partial charge on any atom is 0.186 e. The fourth-order valence-electron chi connectivity index (χ4n) is 0.621. The largest absolute Gasteiger partial charge is 0.390 e. The van der Waals surface area contributed by atoms with Crippen molar-refractivity contribution in [1.29, 1.82) is 0 Å². The second-order valence-corrected chi connectivity index (χ2v) is 2.46. The third-order valence-electron chi connectivity index (χ3n) is 1.04. The predicted molar refractivity (Wildman–Crippen MR) is 46.2 cm³/mol. The molecule has 0 unspecified atom stereocenters. The summed E-state index contributed by atoms with van der Waals surface area (Å²) in [6.45, 7) is 0. The highest BCUT2D eigenvalue weighted by Gasteiger charge is 1.98. The zero-order valence-corrected chi connectivity index (χ0v) is 6.88. The van der Waals surface area contributed by atoms with Crippen LogP contribution in [0.3, 0.4) is 0 Å². The standard InChI is InChI=1S/C6H8N4S/c1-11-6-5(10-4-7)8-2-3-9-6/h2-4H,1H3,(H2,7,8,10). The summed E-state index contributed by atoms with van der Waals surface area (Å²) in [5, 5.41) is 0.786. The van der Waals surface area contributed by atoms with Crippen LogP contribution in [-0.2, 0) is 0 Å². The molecule has 0 aliphatic carbocycles. The van der Waals surface area contributed by atoms with E-state index < -0.39 is 0 Å². The van der Waals surface area contributed by atoms with Gasteiger partial charge in [0.1, 0.15) is 5.03 Å². The van der Waals surface area contributed by atoms with E-state index in [9.17, 15) is 0 Å². The van der Waals surface area contributed by atoms with Crippen molar-refractivity contribution in [3.63, 3.8) is 0 Å². The SMILES string of the molecule is CSc1nccnc1N=CN. The van der Waals surface area contributed by atoms with E-state index >= 15 is 0 Å². The lowest BCUT2D eigenvalue weighted by molar-refractivity contribution is 1.05. The highest BCUT2D eigenvalue weighted by Crippen LogP contribution is 2.20. The Morgan fingerprint density at radius 3 is 2.91 bits per heavy atom. The Morgan fingerprint density at radius 2 is 2.27 bits per heavy atom. The zero-order valence-electron chi connectivity index (χ0n) is 6.06. The van der Waals surface area contributed by atoms with Gasteiger partial charge in [0, 0.05) is 12.4 Å². The molecule has 0 amide bonds. The van der Waals surface area contributed by atoms with Crippen LogP contribution in [0.15, 0.2) is 22.4 Å². The molecule has 0 atom stereocenters. The molecule has 1 heterocycles.